The minimum Gasteiger partial charge on any atom is -0.476 e. The first kappa shape index (κ1) is 15.7. The van der Waals surface area contributed by atoms with Crippen LogP contribution >= 0.6 is 11.3 Å². The highest BCUT2D eigenvalue weighted by Crippen LogP contribution is 2.33. The smallest absolute Gasteiger partial charge is 0.471 e. The maximum absolute atomic E-state index is 12.8. The molecule has 1 heterocycles. The number of carbonyl (C=O) groups excluding carboxylic acids is 1. The zero-order valence-electron chi connectivity index (χ0n) is 10.9. The van der Waals surface area contributed by atoms with Crippen LogP contribution in [0, 0.1) is 0 Å². The fourth-order valence-electron chi connectivity index (χ4n) is 2.36. The molecular formula is C12H13F3N2O3S. The molecule has 1 N–H and O–H groups in total. The van der Waals surface area contributed by atoms with Gasteiger partial charge in [-0.15, -0.1) is 11.3 Å². The van der Waals surface area contributed by atoms with Crippen LogP contribution in [0.5, 0.6) is 0 Å². The lowest BCUT2D eigenvalue weighted by molar-refractivity contribution is -0.171. The quantitative estimate of drug-likeness (QED) is 0.928. The third-order valence-electron chi connectivity index (χ3n) is 3.32. The monoisotopic (exact) mass is 322 g/mol. The summed E-state index contributed by atoms with van der Waals surface area (Å²) in [7, 11) is 0. The Kier molecular flexibility index (Phi) is 4.50. The molecule has 1 fully saturated rings. The summed E-state index contributed by atoms with van der Waals surface area (Å²) in [6.45, 7) is 0. The van der Waals surface area contributed by atoms with E-state index < -0.39 is 24.1 Å². The molecule has 1 saturated carbocycles. The maximum Gasteiger partial charge on any atom is 0.471 e. The number of aromatic nitrogens is 1. The molecule has 0 bridgehead atoms. The zero-order chi connectivity index (χ0) is 15.6. The summed E-state index contributed by atoms with van der Waals surface area (Å²) >= 11 is 0.737. The number of halogens is 3. The van der Waals surface area contributed by atoms with E-state index in [-0.39, 0.29) is 10.8 Å². The van der Waals surface area contributed by atoms with Crippen molar-refractivity contribution in [3.05, 3.63) is 11.1 Å². The number of amides is 1. The van der Waals surface area contributed by atoms with Gasteiger partial charge in [-0.25, -0.2) is 9.78 Å². The van der Waals surface area contributed by atoms with E-state index in [0.717, 1.165) is 36.0 Å². The van der Waals surface area contributed by atoms with Gasteiger partial charge in [0.1, 0.15) is 0 Å². The van der Waals surface area contributed by atoms with Crippen molar-refractivity contribution in [2.24, 2.45) is 0 Å². The lowest BCUT2D eigenvalue weighted by Gasteiger charge is -2.32. The van der Waals surface area contributed by atoms with Gasteiger partial charge in [0.25, 0.3) is 0 Å². The van der Waals surface area contributed by atoms with Crippen molar-refractivity contribution in [1.29, 1.82) is 0 Å². The van der Waals surface area contributed by atoms with Gasteiger partial charge < -0.3 is 5.11 Å². The van der Waals surface area contributed by atoms with Gasteiger partial charge in [-0.3, -0.25) is 9.69 Å². The first-order chi connectivity index (χ1) is 9.80. The minimum absolute atomic E-state index is 0.207. The molecule has 1 aliphatic rings. The fourth-order valence-corrected chi connectivity index (χ4v) is 3.22. The van der Waals surface area contributed by atoms with Gasteiger partial charge in [-0.1, -0.05) is 19.3 Å². The Morgan fingerprint density at radius 3 is 2.38 bits per heavy atom. The number of thiazole rings is 1. The van der Waals surface area contributed by atoms with Crippen LogP contribution in [0.15, 0.2) is 5.38 Å². The largest absolute Gasteiger partial charge is 0.476 e. The Morgan fingerprint density at radius 1 is 1.29 bits per heavy atom. The van der Waals surface area contributed by atoms with Crippen molar-refractivity contribution in [3.8, 4) is 0 Å². The Balaban J connectivity index is 2.34. The number of hydrogen-bond donors (Lipinski definition) is 1. The van der Waals surface area contributed by atoms with Crippen LogP contribution in [0.2, 0.25) is 0 Å². The summed E-state index contributed by atoms with van der Waals surface area (Å²) in [6.07, 6.45) is -1.68. The van der Waals surface area contributed by atoms with Gasteiger partial charge in [-0.2, -0.15) is 13.2 Å². The molecule has 1 amide bonds. The predicted octanol–water partition coefficient (Wildman–Crippen LogP) is 3.07. The molecular weight excluding hydrogens is 309 g/mol. The number of hydrogen-bond acceptors (Lipinski definition) is 4. The molecule has 21 heavy (non-hydrogen) atoms. The summed E-state index contributed by atoms with van der Waals surface area (Å²) in [6, 6.07) is -0.583. The second-order valence-corrected chi connectivity index (χ2v) is 5.62. The topological polar surface area (TPSA) is 70.5 Å². The number of carboxylic acids is 1. The summed E-state index contributed by atoms with van der Waals surface area (Å²) in [4.78, 5) is 26.7. The Morgan fingerprint density at radius 2 is 1.90 bits per heavy atom. The number of aromatic carboxylic acids is 1. The summed E-state index contributed by atoms with van der Waals surface area (Å²) in [5, 5.41) is 9.74. The van der Waals surface area contributed by atoms with Crippen molar-refractivity contribution in [2.45, 2.75) is 44.3 Å². The van der Waals surface area contributed by atoms with E-state index in [0.29, 0.717) is 17.7 Å². The highest BCUT2D eigenvalue weighted by Gasteiger charge is 2.46. The summed E-state index contributed by atoms with van der Waals surface area (Å²) in [5.74, 6) is -3.32. The molecule has 1 aromatic rings. The lowest BCUT2D eigenvalue weighted by atomic mass is 9.94. The highest BCUT2D eigenvalue weighted by atomic mass is 32.1. The van der Waals surface area contributed by atoms with Gasteiger partial charge in [0.15, 0.2) is 10.8 Å². The summed E-state index contributed by atoms with van der Waals surface area (Å²) in [5.41, 5.74) is -0.356. The fraction of sp³-hybridized carbons (Fsp3) is 0.583. The molecule has 5 nitrogen and oxygen atoms in total. The van der Waals surface area contributed by atoms with E-state index in [1.54, 1.807) is 0 Å². The molecule has 0 radical (unpaired) electrons. The van der Waals surface area contributed by atoms with E-state index >= 15 is 0 Å². The van der Waals surface area contributed by atoms with Crippen molar-refractivity contribution < 1.29 is 27.9 Å². The van der Waals surface area contributed by atoms with E-state index in [9.17, 15) is 22.8 Å². The van der Waals surface area contributed by atoms with Crippen LogP contribution < -0.4 is 4.90 Å². The summed E-state index contributed by atoms with van der Waals surface area (Å²) < 4.78 is 38.3. The predicted molar refractivity (Wildman–Crippen MR) is 69.5 cm³/mol. The molecule has 2 rings (SSSR count). The van der Waals surface area contributed by atoms with E-state index in [1.807, 2.05) is 0 Å². The van der Waals surface area contributed by atoms with Crippen LogP contribution in [0.3, 0.4) is 0 Å². The van der Waals surface area contributed by atoms with Crippen molar-refractivity contribution in [3.63, 3.8) is 0 Å². The number of carboxylic acid groups (broad SMARTS) is 1. The number of rotatable bonds is 3. The van der Waals surface area contributed by atoms with Crippen LogP contribution in [0.4, 0.5) is 18.3 Å². The first-order valence-corrected chi connectivity index (χ1v) is 7.28. The second kappa shape index (κ2) is 6.00. The normalized spacial score (nSPS) is 16.7. The Hall–Kier alpha value is -1.64. The van der Waals surface area contributed by atoms with Gasteiger partial charge in [0, 0.05) is 11.4 Å². The van der Waals surface area contributed by atoms with E-state index in [4.69, 9.17) is 5.11 Å². The van der Waals surface area contributed by atoms with Crippen molar-refractivity contribution >= 4 is 28.3 Å². The third-order valence-corrected chi connectivity index (χ3v) is 4.16. The molecule has 0 spiro atoms. The lowest BCUT2D eigenvalue weighted by Crippen LogP contribution is -2.48. The molecule has 0 saturated heterocycles. The molecule has 1 aliphatic carbocycles. The van der Waals surface area contributed by atoms with Gasteiger partial charge in [0.2, 0.25) is 0 Å². The third kappa shape index (κ3) is 3.52. The maximum atomic E-state index is 12.8. The Bertz CT molecular complexity index is 538. The van der Waals surface area contributed by atoms with Gasteiger partial charge >= 0.3 is 18.1 Å². The van der Waals surface area contributed by atoms with E-state index in [2.05, 4.69) is 4.98 Å². The van der Waals surface area contributed by atoms with Crippen LogP contribution in [-0.4, -0.2) is 34.2 Å². The highest BCUT2D eigenvalue weighted by molar-refractivity contribution is 7.14. The van der Waals surface area contributed by atoms with Crippen LogP contribution in [0.25, 0.3) is 0 Å². The van der Waals surface area contributed by atoms with Crippen LogP contribution in [-0.2, 0) is 4.79 Å². The number of carbonyl (C=O) groups is 2. The van der Waals surface area contributed by atoms with E-state index in [1.165, 1.54) is 0 Å². The second-order valence-electron chi connectivity index (χ2n) is 4.79. The van der Waals surface area contributed by atoms with Crippen LogP contribution in [0.1, 0.15) is 42.6 Å². The first-order valence-electron chi connectivity index (χ1n) is 6.40. The van der Waals surface area contributed by atoms with Crippen molar-refractivity contribution in [1.82, 2.24) is 4.98 Å². The Labute approximate surface area is 122 Å². The molecule has 0 atom stereocenters. The number of alkyl halides is 3. The van der Waals surface area contributed by atoms with Gasteiger partial charge in [-0.05, 0) is 12.8 Å². The average Bonchev–Trinajstić information content (AvgIpc) is 2.89. The number of anilines is 1. The SMILES string of the molecule is O=C(O)c1csc(N(C(=O)C(F)(F)F)C2CCCCC2)n1. The molecule has 1 aromatic heterocycles. The minimum atomic E-state index is -5.01. The number of nitrogens with zero attached hydrogens (tertiary/aromatic N) is 2. The molecule has 9 heteroatoms. The molecule has 0 aliphatic heterocycles. The molecule has 116 valence electrons. The standard InChI is InChI=1S/C12H13F3N2O3S/c13-12(14,15)10(20)17(7-4-2-1-3-5-7)11-16-8(6-21-11)9(18)19/h6-7H,1-5H2,(H,18,19). The molecule has 0 aromatic carbocycles. The van der Waals surface area contributed by atoms with Gasteiger partial charge in [0.05, 0.1) is 0 Å². The average molecular weight is 322 g/mol. The molecule has 0 unspecified atom stereocenters. The van der Waals surface area contributed by atoms with Crippen molar-refractivity contribution in [2.75, 3.05) is 4.90 Å². The zero-order valence-corrected chi connectivity index (χ0v) is 11.7.